The Labute approximate surface area is 168 Å². The SMILES string of the molecule is COC1CCC(C2CCC(C3CCC(CCC(C)(F)F)CC3)CC2)C(F)C1F. The zero-order valence-electron chi connectivity index (χ0n) is 17.5. The molecule has 0 N–H and O–H groups in total. The molecule has 164 valence electrons. The van der Waals surface area contributed by atoms with E-state index in [1.54, 1.807) is 0 Å². The normalized spacial score (nSPS) is 43.1. The van der Waals surface area contributed by atoms with E-state index >= 15 is 0 Å². The topological polar surface area (TPSA) is 9.23 Å². The van der Waals surface area contributed by atoms with Gasteiger partial charge in [-0.15, -0.1) is 0 Å². The Kier molecular flexibility index (Phi) is 7.72. The maximum atomic E-state index is 14.6. The van der Waals surface area contributed by atoms with Crippen LogP contribution in [0.1, 0.15) is 84.0 Å². The van der Waals surface area contributed by atoms with Crippen LogP contribution in [0.15, 0.2) is 0 Å². The molecule has 3 fully saturated rings. The minimum absolute atomic E-state index is 0.0126. The molecule has 0 saturated heterocycles. The molecule has 3 aliphatic carbocycles. The molecule has 5 heteroatoms. The van der Waals surface area contributed by atoms with Gasteiger partial charge in [0.25, 0.3) is 0 Å². The third-order valence-corrected chi connectivity index (χ3v) is 8.13. The minimum Gasteiger partial charge on any atom is -0.378 e. The van der Waals surface area contributed by atoms with Crippen LogP contribution in [0.25, 0.3) is 0 Å². The lowest BCUT2D eigenvalue weighted by atomic mass is 9.65. The number of methoxy groups -OCH3 is 1. The third-order valence-electron chi connectivity index (χ3n) is 8.13. The van der Waals surface area contributed by atoms with E-state index in [9.17, 15) is 17.6 Å². The average Bonchev–Trinajstić information content (AvgIpc) is 2.68. The van der Waals surface area contributed by atoms with Gasteiger partial charge in [0.05, 0.1) is 6.10 Å². The summed E-state index contributed by atoms with van der Waals surface area (Å²) in [6, 6.07) is 0. The number of hydrogen-bond donors (Lipinski definition) is 0. The summed E-state index contributed by atoms with van der Waals surface area (Å²) >= 11 is 0. The van der Waals surface area contributed by atoms with Crippen molar-refractivity contribution in [3.05, 3.63) is 0 Å². The van der Waals surface area contributed by atoms with Crippen LogP contribution in [0.3, 0.4) is 0 Å². The van der Waals surface area contributed by atoms with E-state index in [0.29, 0.717) is 36.5 Å². The lowest BCUT2D eigenvalue weighted by Crippen LogP contribution is -2.45. The van der Waals surface area contributed by atoms with Crippen LogP contribution in [0, 0.1) is 29.6 Å². The molecule has 1 nitrogen and oxygen atoms in total. The summed E-state index contributed by atoms with van der Waals surface area (Å²) in [5.41, 5.74) is 0. The zero-order valence-corrected chi connectivity index (χ0v) is 17.5. The van der Waals surface area contributed by atoms with Crippen LogP contribution in [0.2, 0.25) is 0 Å². The van der Waals surface area contributed by atoms with Gasteiger partial charge in [0.15, 0.2) is 6.17 Å². The van der Waals surface area contributed by atoms with Gasteiger partial charge in [-0.25, -0.2) is 17.6 Å². The van der Waals surface area contributed by atoms with Crippen molar-refractivity contribution in [1.82, 2.24) is 0 Å². The molecule has 28 heavy (non-hydrogen) atoms. The molecule has 0 aliphatic heterocycles. The van der Waals surface area contributed by atoms with Gasteiger partial charge in [0.1, 0.15) is 6.17 Å². The fourth-order valence-electron chi connectivity index (χ4n) is 6.31. The van der Waals surface area contributed by atoms with E-state index in [4.69, 9.17) is 4.74 Å². The van der Waals surface area contributed by atoms with Crippen LogP contribution in [0.5, 0.6) is 0 Å². The number of alkyl halides is 4. The maximum Gasteiger partial charge on any atom is 0.245 e. The molecule has 3 aliphatic rings. The molecule has 0 bridgehead atoms. The van der Waals surface area contributed by atoms with Crippen molar-refractivity contribution >= 4 is 0 Å². The summed E-state index contributed by atoms with van der Waals surface area (Å²) in [6.07, 6.45) is 7.35. The second kappa shape index (κ2) is 9.66. The monoisotopic (exact) mass is 406 g/mol. The third kappa shape index (κ3) is 5.64. The highest BCUT2D eigenvalue weighted by molar-refractivity contribution is 4.93. The Balaban J connectivity index is 1.40. The van der Waals surface area contributed by atoms with Gasteiger partial charge in [0, 0.05) is 13.5 Å². The van der Waals surface area contributed by atoms with Gasteiger partial charge in [-0.2, -0.15) is 0 Å². The van der Waals surface area contributed by atoms with Crippen molar-refractivity contribution in [2.45, 2.75) is 108 Å². The van der Waals surface area contributed by atoms with Crippen molar-refractivity contribution in [3.8, 4) is 0 Å². The van der Waals surface area contributed by atoms with Gasteiger partial charge in [-0.3, -0.25) is 0 Å². The van der Waals surface area contributed by atoms with Crippen molar-refractivity contribution in [2.75, 3.05) is 7.11 Å². The standard InChI is InChI=1S/C23H38F4O/c1-23(26,27)14-13-15-3-5-16(6-4-15)17-7-9-18(10-8-17)19-11-12-20(28-2)22(25)21(19)24/h15-22H,3-14H2,1-2H3. The van der Waals surface area contributed by atoms with Crippen LogP contribution in [-0.4, -0.2) is 31.5 Å². The first-order valence-electron chi connectivity index (χ1n) is 11.5. The molecule has 3 rings (SSSR count). The molecule has 0 radical (unpaired) electrons. The summed E-state index contributed by atoms with van der Waals surface area (Å²) in [5.74, 6) is -0.509. The summed E-state index contributed by atoms with van der Waals surface area (Å²) in [7, 11) is 1.47. The molecule has 3 saturated carbocycles. The first-order chi connectivity index (χ1) is 13.3. The first kappa shape index (κ1) is 22.4. The van der Waals surface area contributed by atoms with E-state index in [-0.39, 0.29) is 12.3 Å². The fourth-order valence-corrected chi connectivity index (χ4v) is 6.31. The van der Waals surface area contributed by atoms with Gasteiger partial charge < -0.3 is 4.74 Å². The van der Waals surface area contributed by atoms with Crippen molar-refractivity contribution in [1.29, 1.82) is 0 Å². The minimum atomic E-state index is -2.54. The van der Waals surface area contributed by atoms with Crippen molar-refractivity contribution < 1.29 is 22.3 Å². The summed E-state index contributed by atoms with van der Waals surface area (Å²) in [6.45, 7) is 1.02. The second-order valence-electron chi connectivity index (χ2n) is 9.97. The molecular formula is C23H38F4O. The molecule has 0 heterocycles. The average molecular weight is 407 g/mol. The van der Waals surface area contributed by atoms with E-state index in [0.717, 1.165) is 64.7 Å². The molecule has 0 aromatic rings. The molecule has 4 atom stereocenters. The Morgan fingerprint density at radius 1 is 0.750 bits per heavy atom. The summed E-state index contributed by atoms with van der Waals surface area (Å²) in [4.78, 5) is 0. The van der Waals surface area contributed by atoms with Crippen molar-refractivity contribution in [2.24, 2.45) is 29.6 Å². The van der Waals surface area contributed by atoms with Crippen LogP contribution < -0.4 is 0 Å². The predicted octanol–water partition coefficient (Wildman–Crippen LogP) is 7.14. The molecule has 0 amide bonds. The van der Waals surface area contributed by atoms with E-state index in [1.165, 1.54) is 7.11 Å². The highest BCUT2D eigenvalue weighted by Crippen LogP contribution is 2.47. The Bertz CT molecular complexity index is 464. The van der Waals surface area contributed by atoms with Crippen LogP contribution in [-0.2, 0) is 4.74 Å². The number of ether oxygens (including phenoxy) is 1. The van der Waals surface area contributed by atoms with Gasteiger partial charge in [-0.05, 0) is 94.3 Å². The van der Waals surface area contributed by atoms with E-state index in [2.05, 4.69) is 0 Å². The van der Waals surface area contributed by atoms with Crippen LogP contribution in [0.4, 0.5) is 17.6 Å². The number of rotatable bonds is 6. The predicted molar refractivity (Wildman–Crippen MR) is 104 cm³/mol. The van der Waals surface area contributed by atoms with Crippen LogP contribution >= 0.6 is 0 Å². The smallest absolute Gasteiger partial charge is 0.245 e. The Morgan fingerprint density at radius 3 is 1.82 bits per heavy atom. The summed E-state index contributed by atoms with van der Waals surface area (Å²) < 4.78 is 60.1. The largest absolute Gasteiger partial charge is 0.378 e. The van der Waals surface area contributed by atoms with Gasteiger partial charge in [0.2, 0.25) is 5.92 Å². The second-order valence-corrected chi connectivity index (χ2v) is 9.97. The zero-order chi connectivity index (χ0) is 20.3. The number of halogens is 4. The highest BCUT2D eigenvalue weighted by Gasteiger charge is 2.44. The maximum absolute atomic E-state index is 14.6. The Hall–Kier alpha value is -0.320. The molecule has 0 aromatic carbocycles. The molecule has 0 aromatic heterocycles. The van der Waals surface area contributed by atoms with E-state index in [1.807, 2.05) is 0 Å². The lowest BCUT2D eigenvalue weighted by Gasteiger charge is -2.43. The summed E-state index contributed by atoms with van der Waals surface area (Å²) in [5, 5.41) is 0. The lowest BCUT2D eigenvalue weighted by molar-refractivity contribution is -0.0730. The van der Waals surface area contributed by atoms with Crippen molar-refractivity contribution in [3.63, 3.8) is 0 Å². The molecular weight excluding hydrogens is 368 g/mol. The quantitative estimate of drug-likeness (QED) is 0.426. The van der Waals surface area contributed by atoms with Gasteiger partial charge in [-0.1, -0.05) is 12.8 Å². The number of hydrogen-bond acceptors (Lipinski definition) is 1. The highest BCUT2D eigenvalue weighted by atomic mass is 19.3. The van der Waals surface area contributed by atoms with Gasteiger partial charge >= 0.3 is 0 Å². The molecule has 0 spiro atoms. The fraction of sp³-hybridized carbons (Fsp3) is 1.00. The first-order valence-corrected chi connectivity index (χ1v) is 11.5. The van der Waals surface area contributed by atoms with E-state index < -0.39 is 24.4 Å². The molecule has 4 unspecified atom stereocenters. The Morgan fingerprint density at radius 2 is 1.29 bits per heavy atom.